The Kier molecular flexibility index (Phi) is 3.28. The number of nitrogens with two attached hydrogens (primary N) is 1. The molecule has 2 fully saturated rings. The number of aliphatic hydroxyl groups is 2. The second-order valence-corrected chi connectivity index (χ2v) is 6.44. The van der Waals surface area contributed by atoms with Crippen molar-refractivity contribution >= 4 is 11.8 Å². The van der Waals surface area contributed by atoms with Crippen LogP contribution < -0.4 is 5.73 Å². The highest BCUT2D eigenvalue weighted by molar-refractivity contribution is 8.01. The van der Waals surface area contributed by atoms with Gasteiger partial charge in [0, 0.05) is 11.2 Å². The van der Waals surface area contributed by atoms with Crippen LogP contribution in [0, 0.1) is 0 Å². The lowest BCUT2D eigenvalue weighted by atomic mass is 10.0. The van der Waals surface area contributed by atoms with E-state index in [-0.39, 0.29) is 28.9 Å². The number of thioether (sulfide) groups is 1. The first-order valence-corrected chi connectivity index (χ1v) is 6.30. The third-order valence-electron chi connectivity index (χ3n) is 3.15. The lowest BCUT2D eigenvalue weighted by Gasteiger charge is -2.38. The second kappa shape index (κ2) is 4.22. The van der Waals surface area contributed by atoms with Gasteiger partial charge < -0.3 is 20.7 Å². The van der Waals surface area contributed by atoms with Gasteiger partial charge in [-0.05, 0) is 12.8 Å². The van der Waals surface area contributed by atoms with E-state index < -0.39 is 6.10 Å². The van der Waals surface area contributed by atoms with E-state index in [0.717, 1.165) is 0 Å². The zero-order valence-corrected chi connectivity index (χ0v) is 9.74. The lowest BCUT2D eigenvalue weighted by molar-refractivity contribution is -0.0899. The molecule has 1 heterocycles. The Morgan fingerprint density at radius 3 is 2.73 bits per heavy atom. The summed E-state index contributed by atoms with van der Waals surface area (Å²) in [5.74, 6) is 0. The van der Waals surface area contributed by atoms with Crippen LogP contribution in [0.4, 0.5) is 0 Å². The van der Waals surface area contributed by atoms with Crippen LogP contribution in [-0.4, -0.2) is 45.3 Å². The van der Waals surface area contributed by atoms with Crippen molar-refractivity contribution in [2.45, 2.75) is 54.6 Å². The summed E-state index contributed by atoms with van der Waals surface area (Å²) in [5.41, 5.74) is 5.71. The SMILES string of the molecule is CC1(SC2OC(CO)CC(O)C2N)CC1. The van der Waals surface area contributed by atoms with E-state index in [1.807, 2.05) is 0 Å². The Balaban J connectivity index is 1.95. The average molecular weight is 233 g/mol. The molecule has 88 valence electrons. The summed E-state index contributed by atoms with van der Waals surface area (Å²) in [7, 11) is 0. The maximum atomic E-state index is 9.74. The topological polar surface area (TPSA) is 75.7 Å². The van der Waals surface area contributed by atoms with Crippen molar-refractivity contribution in [2.75, 3.05) is 6.61 Å². The molecule has 1 saturated heterocycles. The van der Waals surface area contributed by atoms with Gasteiger partial charge in [0.1, 0.15) is 5.44 Å². The van der Waals surface area contributed by atoms with E-state index in [2.05, 4.69) is 6.92 Å². The van der Waals surface area contributed by atoms with Crippen LogP contribution >= 0.6 is 11.8 Å². The highest BCUT2D eigenvalue weighted by Gasteiger charge is 2.45. The van der Waals surface area contributed by atoms with Crippen molar-refractivity contribution in [3.05, 3.63) is 0 Å². The zero-order chi connectivity index (χ0) is 11.1. The summed E-state index contributed by atoms with van der Waals surface area (Å²) in [6, 6.07) is -0.338. The van der Waals surface area contributed by atoms with Crippen molar-refractivity contribution in [3.63, 3.8) is 0 Å². The first kappa shape index (κ1) is 11.7. The van der Waals surface area contributed by atoms with Crippen LogP contribution in [0.2, 0.25) is 0 Å². The molecular weight excluding hydrogens is 214 g/mol. The van der Waals surface area contributed by atoms with Gasteiger partial charge in [0.2, 0.25) is 0 Å². The van der Waals surface area contributed by atoms with Gasteiger partial charge in [0.05, 0.1) is 24.9 Å². The molecule has 0 amide bonds. The number of hydrogen-bond donors (Lipinski definition) is 3. The molecular formula is C10H19NO3S. The van der Waals surface area contributed by atoms with E-state index in [1.165, 1.54) is 12.8 Å². The van der Waals surface area contributed by atoms with Gasteiger partial charge in [0.25, 0.3) is 0 Å². The fraction of sp³-hybridized carbons (Fsp3) is 1.00. The van der Waals surface area contributed by atoms with Crippen LogP contribution in [-0.2, 0) is 4.74 Å². The second-order valence-electron chi connectivity index (χ2n) is 4.76. The molecule has 1 saturated carbocycles. The van der Waals surface area contributed by atoms with Gasteiger partial charge in [-0.15, -0.1) is 11.8 Å². The Morgan fingerprint density at radius 1 is 1.53 bits per heavy atom. The molecule has 4 nitrogen and oxygen atoms in total. The van der Waals surface area contributed by atoms with Crippen molar-refractivity contribution in [1.29, 1.82) is 0 Å². The van der Waals surface area contributed by atoms with Gasteiger partial charge in [-0.25, -0.2) is 0 Å². The molecule has 1 aliphatic carbocycles. The Hall–Kier alpha value is 0.190. The molecule has 5 heteroatoms. The molecule has 4 unspecified atom stereocenters. The molecule has 15 heavy (non-hydrogen) atoms. The maximum absolute atomic E-state index is 9.74. The molecule has 0 radical (unpaired) electrons. The minimum Gasteiger partial charge on any atom is -0.394 e. The van der Waals surface area contributed by atoms with Gasteiger partial charge in [-0.3, -0.25) is 0 Å². The summed E-state index contributed by atoms with van der Waals surface area (Å²) in [4.78, 5) is 0. The first-order valence-electron chi connectivity index (χ1n) is 5.42. The van der Waals surface area contributed by atoms with Crippen molar-refractivity contribution in [3.8, 4) is 0 Å². The quantitative estimate of drug-likeness (QED) is 0.643. The summed E-state index contributed by atoms with van der Waals surface area (Å²) in [6.07, 6.45) is 1.98. The normalized spacial score (nSPS) is 44.0. The summed E-state index contributed by atoms with van der Waals surface area (Å²) in [6.45, 7) is 2.14. The molecule has 1 aliphatic heterocycles. The largest absolute Gasteiger partial charge is 0.394 e. The van der Waals surface area contributed by atoms with Crippen LogP contribution in [0.1, 0.15) is 26.2 Å². The van der Waals surface area contributed by atoms with Gasteiger partial charge in [0.15, 0.2) is 0 Å². The van der Waals surface area contributed by atoms with E-state index in [1.54, 1.807) is 11.8 Å². The third-order valence-corrected chi connectivity index (χ3v) is 4.78. The van der Waals surface area contributed by atoms with E-state index in [0.29, 0.717) is 6.42 Å². The molecule has 0 bridgehead atoms. The van der Waals surface area contributed by atoms with E-state index in [4.69, 9.17) is 15.6 Å². The standard InChI is InChI=1S/C10H19NO3S/c1-10(2-3-10)15-9-8(11)7(13)4-6(5-12)14-9/h6-9,12-13H,2-5,11H2,1H3. The monoisotopic (exact) mass is 233 g/mol. The van der Waals surface area contributed by atoms with Crippen LogP contribution in [0.25, 0.3) is 0 Å². The predicted molar refractivity (Wildman–Crippen MR) is 59.6 cm³/mol. The number of rotatable bonds is 3. The van der Waals surface area contributed by atoms with Crippen molar-refractivity contribution < 1.29 is 14.9 Å². The first-order chi connectivity index (χ1) is 7.04. The molecule has 0 aromatic heterocycles. The number of hydrogen-bond acceptors (Lipinski definition) is 5. The Bertz CT molecular complexity index is 235. The molecule has 4 N–H and O–H groups in total. The number of aliphatic hydroxyl groups excluding tert-OH is 2. The highest BCUT2D eigenvalue weighted by atomic mass is 32.2. The summed E-state index contributed by atoms with van der Waals surface area (Å²) in [5, 5.41) is 18.8. The Labute approximate surface area is 94.2 Å². The zero-order valence-electron chi connectivity index (χ0n) is 8.93. The minimum absolute atomic E-state index is 0.0441. The summed E-state index contributed by atoms with van der Waals surface area (Å²) >= 11 is 1.70. The Morgan fingerprint density at radius 2 is 2.20 bits per heavy atom. The van der Waals surface area contributed by atoms with E-state index in [9.17, 15) is 5.11 Å². The maximum Gasteiger partial charge on any atom is 0.121 e. The van der Waals surface area contributed by atoms with Gasteiger partial charge in [-0.1, -0.05) is 6.92 Å². The lowest BCUT2D eigenvalue weighted by Crippen LogP contribution is -2.53. The average Bonchev–Trinajstić information content (AvgIpc) is 2.91. The van der Waals surface area contributed by atoms with Gasteiger partial charge >= 0.3 is 0 Å². The van der Waals surface area contributed by atoms with Crippen LogP contribution in [0.15, 0.2) is 0 Å². The smallest absolute Gasteiger partial charge is 0.121 e. The molecule has 4 atom stereocenters. The van der Waals surface area contributed by atoms with Crippen LogP contribution in [0.5, 0.6) is 0 Å². The molecule has 2 rings (SSSR count). The van der Waals surface area contributed by atoms with Gasteiger partial charge in [-0.2, -0.15) is 0 Å². The molecule has 0 aromatic rings. The summed E-state index contributed by atoms with van der Waals surface area (Å²) < 4.78 is 5.94. The highest BCUT2D eigenvalue weighted by Crippen LogP contribution is 2.51. The van der Waals surface area contributed by atoms with Crippen molar-refractivity contribution in [1.82, 2.24) is 0 Å². The molecule has 0 aromatic carbocycles. The minimum atomic E-state index is -0.559. The fourth-order valence-electron chi connectivity index (χ4n) is 1.74. The van der Waals surface area contributed by atoms with Crippen LogP contribution in [0.3, 0.4) is 0 Å². The molecule has 2 aliphatic rings. The van der Waals surface area contributed by atoms with E-state index >= 15 is 0 Å². The van der Waals surface area contributed by atoms with Crippen molar-refractivity contribution in [2.24, 2.45) is 5.73 Å². The molecule has 0 spiro atoms. The fourth-order valence-corrected chi connectivity index (χ4v) is 3.19. The number of ether oxygens (including phenoxy) is 1. The third kappa shape index (κ3) is 2.65. The predicted octanol–water partition coefficient (Wildman–Crippen LogP) is 0.0676.